The van der Waals surface area contributed by atoms with Crippen molar-refractivity contribution in [3.63, 3.8) is 0 Å². The van der Waals surface area contributed by atoms with Gasteiger partial charge in [-0.25, -0.2) is 13.2 Å². The van der Waals surface area contributed by atoms with Crippen LogP contribution in [0.3, 0.4) is 0 Å². The van der Waals surface area contributed by atoms with Crippen molar-refractivity contribution >= 4 is 27.7 Å². The molecule has 0 aromatic heterocycles. The summed E-state index contributed by atoms with van der Waals surface area (Å²) in [6.45, 7) is 3.10. The first kappa shape index (κ1) is 20.8. The number of hydrogen-bond acceptors (Lipinski definition) is 5. The summed E-state index contributed by atoms with van der Waals surface area (Å²) in [7, 11) is -3.55. The van der Waals surface area contributed by atoms with E-state index in [4.69, 9.17) is 4.74 Å². The highest BCUT2D eigenvalue weighted by Gasteiger charge is 2.30. The number of piperazine rings is 1. The Morgan fingerprint density at radius 2 is 1.59 bits per heavy atom. The molecule has 0 radical (unpaired) electrons. The molecule has 8 nitrogen and oxygen atoms in total. The summed E-state index contributed by atoms with van der Waals surface area (Å²) in [4.78, 5) is 26.0. The zero-order chi connectivity index (χ0) is 20.9. The van der Waals surface area contributed by atoms with Crippen molar-refractivity contribution in [3.05, 3.63) is 60.2 Å². The van der Waals surface area contributed by atoms with E-state index >= 15 is 0 Å². The summed E-state index contributed by atoms with van der Waals surface area (Å²) >= 11 is 0. The maximum atomic E-state index is 12.7. The van der Waals surface area contributed by atoms with Crippen LogP contribution in [-0.4, -0.2) is 62.4 Å². The summed E-state index contributed by atoms with van der Waals surface area (Å²) in [6, 6.07) is 14.8. The molecule has 0 saturated carbocycles. The summed E-state index contributed by atoms with van der Waals surface area (Å²) in [5.74, 6) is -0.176. The maximum absolute atomic E-state index is 12.7. The first-order valence-corrected chi connectivity index (χ1v) is 10.7. The quantitative estimate of drug-likeness (QED) is 0.806. The standard InChI is InChI=1S/C20H23N3O5S/c1-2-28-20(25)21-17-10-8-16(9-11-17)19(24)22-12-14-23(15-13-22)29(26,27)18-6-4-3-5-7-18/h3-11H,2,12-15H2,1H3,(H,21,25). The molecule has 0 bridgehead atoms. The third kappa shape index (κ3) is 4.93. The zero-order valence-corrected chi connectivity index (χ0v) is 16.9. The van der Waals surface area contributed by atoms with Crippen molar-refractivity contribution in [3.8, 4) is 0 Å². The topological polar surface area (TPSA) is 96.0 Å². The number of benzene rings is 2. The number of amides is 2. The number of ether oxygens (including phenoxy) is 1. The van der Waals surface area contributed by atoms with Crippen molar-refractivity contribution in [2.24, 2.45) is 0 Å². The van der Waals surface area contributed by atoms with Gasteiger partial charge in [-0.3, -0.25) is 10.1 Å². The van der Waals surface area contributed by atoms with Crippen LogP contribution in [0.15, 0.2) is 59.5 Å². The molecule has 0 atom stereocenters. The Labute approximate surface area is 170 Å². The zero-order valence-electron chi connectivity index (χ0n) is 16.1. The molecule has 2 amide bonds. The molecule has 0 unspecified atom stereocenters. The molecule has 1 heterocycles. The number of nitrogens with one attached hydrogen (secondary N) is 1. The van der Waals surface area contributed by atoms with Gasteiger partial charge in [-0.1, -0.05) is 18.2 Å². The minimum Gasteiger partial charge on any atom is -0.450 e. The van der Waals surface area contributed by atoms with Crippen molar-refractivity contribution in [2.75, 3.05) is 38.1 Å². The number of sulfonamides is 1. The summed E-state index contributed by atoms with van der Waals surface area (Å²) in [6.07, 6.45) is -0.553. The lowest BCUT2D eigenvalue weighted by atomic mass is 10.1. The molecule has 1 N–H and O–H groups in total. The van der Waals surface area contributed by atoms with Crippen molar-refractivity contribution in [1.29, 1.82) is 0 Å². The monoisotopic (exact) mass is 417 g/mol. The Morgan fingerprint density at radius 1 is 0.966 bits per heavy atom. The van der Waals surface area contributed by atoms with E-state index in [1.807, 2.05) is 0 Å². The number of carbonyl (C=O) groups is 2. The highest BCUT2D eigenvalue weighted by atomic mass is 32.2. The number of hydrogen-bond donors (Lipinski definition) is 1. The lowest BCUT2D eigenvalue weighted by Crippen LogP contribution is -2.50. The van der Waals surface area contributed by atoms with E-state index in [2.05, 4.69) is 5.32 Å². The van der Waals surface area contributed by atoms with Crippen molar-refractivity contribution in [1.82, 2.24) is 9.21 Å². The molecule has 1 aliphatic heterocycles. The molecule has 0 spiro atoms. The number of rotatable bonds is 5. The van der Waals surface area contributed by atoms with Crippen LogP contribution in [0.5, 0.6) is 0 Å². The first-order valence-electron chi connectivity index (χ1n) is 9.30. The van der Waals surface area contributed by atoms with E-state index in [9.17, 15) is 18.0 Å². The highest BCUT2D eigenvalue weighted by molar-refractivity contribution is 7.89. The normalized spacial score (nSPS) is 15.0. The van der Waals surface area contributed by atoms with E-state index in [0.29, 0.717) is 24.3 Å². The molecular weight excluding hydrogens is 394 g/mol. The van der Waals surface area contributed by atoms with E-state index in [1.165, 1.54) is 4.31 Å². The Bertz CT molecular complexity index is 953. The van der Waals surface area contributed by atoms with Gasteiger partial charge in [-0.15, -0.1) is 0 Å². The predicted octanol–water partition coefficient (Wildman–Crippen LogP) is 2.40. The number of nitrogens with zero attached hydrogens (tertiary/aromatic N) is 2. The minimum absolute atomic E-state index is 0.176. The average Bonchev–Trinajstić information content (AvgIpc) is 2.75. The average molecular weight is 417 g/mol. The Morgan fingerprint density at radius 3 is 2.17 bits per heavy atom. The molecular formula is C20H23N3O5S. The SMILES string of the molecule is CCOC(=O)Nc1ccc(C(=O)N2CCN(S(=O)(=O)c3ccccc3)CC2)cc1. The Hall–Kier alpha value is -2.91. The molecule has 1 aliphatic rings. The van der Waals surface area contributed by atoms with Crippen molar-refractivity contribution < 1.29 is 22.7 Å². The molecule has 1 fully saturated rings. The van der Waals surface area contributed by atoms with Crippen LogP contribution in [0.4, 0.5) is 10.5 Å². The van der Waals surface area contributed by atoms with Crippen LogP contribution in [0, 0.1) is 0 Å². The molecule has 2 aromatic rings. The fourth-order valence-corrected chi connectivity index (χ4v) is 4.48. The molecule has 1 saturated heterocycles. The van der Waals surface area contributed by atoms with Gasteiger partial charge in [0.15, 0.2) is 0 Å². The second-order valence-electron chi connectivity index (χ2n) is 6.43. The Kier molecular flexibility index (Phi) is 6.50. The fourth-order valence-electron chi connectivity index (χ4n) is 3.04. The maximum Gasteiger partial charge on any atom is 0.411 e. The summed E-state index contributed by atoms with van der Waals surface area (Å²) in [5, 5.41) is 2.57. The lowest BCUT2D eigenvalue weighted by Gasteiger charge is -2.34. The highest BCUT2D eigenvalue weighted by Crippen LogP contribution is 2.19. The first-order chi connectivity index (χ1) is 13.9. The number of anilines is 1. The van der Waals surface area contributed by atoms with E-state index in [0.717, 1.165) is 0 Å². The molecule has 3 rings (SSSR count). The van der Waals surface area contributed by atoms with Gasteiger partial charge in [0, 0.05) is 37.4 Å². The van der Waals surface area contributed by atoms with Crippen LogP contribution < -0.4 is 5.32 Å². The van der Waals surface area contributed by atoms with E-state index < -0.39 is 16.1 Å². The van der Waals surface area contributed by atoms with Gasteiger partial charge in [0.1, 0.15) is 0 Å². The van der Waals surface area contributed by atoms with Gasteiger partial charge in [0.25, 0.3) is 5.91 Å². The number of carbonyl (C=O) groups excluding carboxylic acids is 2. The second kappa shape index (κ2) is 9.06. The summed E-state index contributed by atoms with van der Waals surface area (Å²) in [5.41, 5.74) is 0.998. The second-order valence-corrected chi connectivity index (χ2v) is 8.37. The third-order valence-corrected chi connectivity index (χ3v) is 6.47. The van der Waals surface area contributed by atoms with Crippen LogP contribution in [0.25, 0.3) is 0 Å². The van der Waals surface area contributed by atoms with Gasteiger partial charge in [-0.05, 0) is 43.3 Å². The van der Waals surface area contributed by atoms with Crippen LogP contribution in [0.2, 0.25) is 0 Å². The van der Waals surface area contributed by atoms with Gasteiger partial charge < -0.3 is 9.64 Å². The minimum atomic E-state index is -3.55. The van der Waals surface area contributed by atoms with E-state index in [-0.39, 0.29) is 30.5 Å². The van der Waals surface area contributed by atoms with Crippen LogP contribution >= 0.6 is 0 Å². The van der Waals surface area contributed by atoms with Crippen LogP contribution in [-0.2, 0) is 14.8 Å². The van der Waals surface area contributed by atoms with Gasteiger partial charge >= 0.3 is 6.09 Å². The van der Waals surface area contributed by atoms with Crippen LogP contribution in [0.1, 0.15) is 17.3 Å². The molecule has 9 heteroatoms. The van der Waals surface area contributed by atoms with E-state index in [1.54, 1.807) is 66.4 Å². The third-order valence-electron chi connectivity index (χ3n) is 4.56. The van der Waals surface area contributed by atoms with Gasteiger partial charge in [0.05, 0.1) is 11.5 Å². The smallest absolute Gasteiger partial charge is 0.411 e. The summed E-state index contributed by atoms with van der Waals surface area (Å²) < 4.78 is 31.6. The Balaban J connectivity index is 1.59. The molecule has 29 heavy (non-hydrogen) atoms. The fraction of sp³-hybridized carbons (Fsp3) is 0.300. The van der Waals surface area contributed by atoms with Gasteiger partial charge in [0.2, 0.25) is 10.0 Å². The molecule has 154 valence electrons. The van der Waals surface area contributed by atoms with Gasteiger partial charge in [-0.2, -0.15) is 4.31 Å². The van der Waals surface area contributed by atoms with Crippen molar-refractivity contribution in [2.45, 2.75) is 11.8 Å². The molecule has 2 aromatic carbocycles. The largest absolute Gasteiger partial charge is 0.450 e. The predicted molar refractivity (Wildman–Crippen MR) is 108 cm³/mol. The lowest BCUT2D eigenvalue weighted by molar-refractivity contribution is 0.0698. The molecule has 0 aliphatic carbocycles.